The van der Waals surface area contributed by atoms with Crippen molar-refractivity contribution in [2.24, 2.45) is 0 Å². The van der Waals surface area contributed by atoms with E-state index < -0.39 is 15.9 Å². The van der Waals surface area contributed by atoms with Gasteiger partial charge in [0.25, 0.3) is 10.0 Å². The van der Waals surface area contributed by atoms with Crippen LogP contribution >= 0.6 is 0 Å². The van der Waals surface area contributed by atoms with E-state index in [2.05, 4.69) is 0 Å². The van der Waals surface area contributed by atoms with Gasteiger partial charge in [-0.05, 0) is 12.1 Å². The van der Waals surface area contributed by atoms with Crippen LogP contribution < -0.4 is 4.72 Å². The normalized spacial score (nSPS) is 10.9. The summed E-state index contributed by atoms with van der Waals surface area (Å²) in [5.41, 5.74) is 0. The van der Waals surface area contributed by atoms with Crippen LogP contribution in [-0.2, 0) is 14.8 Å². The second-order valence-electron chi connectivity index (χ2n) is 2.57. The molecule has 0 aliphatic rings. The minimum absolute atomic E-state index is 0.0789. The molecule has 0 aliphatic heterocycles. The zero-order chi connectivity index (χ0) is 10.6. The van der Waals surface area contributed by atoms with Crippen LogP contribution in [0.5, 0.6) is 0 Å². The topological polar surface area (TPSA) is 63.2 Å². The lowest BCUT2D eigenvalue weighted by Gasteiger charge is -2.04. The molecule has 0 fully saturated rings. The van der Waals surface area contributed by atoms with Gasteiger partial charge in [0.1, 0.15) is 0 Å². The third-order valence-corrected chi connectivity index (χ3v) is 2.91. The predicted octanol–water partition coefficient (Wildman–Crippen LogP) is 0.716. The van der Waals surface area contributed by atoms with Crippen molar-refractivity contribution in [3.05, 3.63) is 36.8 Å². The Hall–Kier alpha value is -1.36. The van der Waals surface area contributed by atoms with E-state index in [4.69, 9.17) is 0 Å². The number of hydrogen-bond donors (Lipinski definition) is 1. The van der Waals surface area contributed by atoms with E-state index in [-0.39, 0.29) is 4.90 Å². The van der Waals surface area contributed by atoms with Crippen LogP contribution in [0.25, 0.3) is 0 Å². The Balaban J connectivity index is 2.93. The van der Waals surface area contributed by atoms with E-state index >= 15 is 0 Å². The highest BCUT2D eigenvalue weighted by molar-refractivity contribution is 7.90. The molecule has 0 saturated carbocycles. The maximum absolute atomic E-state index is 11.4. The quantitative estimate of drug-likeness (QED) is 0.802. The Labute approximate surface area is 83.0 Å². The number of hydrogen-bond acceptors (Lipinski definition) is 3. The number of amides is 1. The fourth-order valence-electron chi connectivity index (χ4n) is 0.850. The smallest absolute Gasteiger partial charge is 0.264 e. The molecule has 1 radical (unpaired) electrons. The van der Waals surface area contributed by atoms with Gasteiger partial charge in [0, 0.05) is 6.42 Å². The number of nitrogens with one attached hydrogen (secondary N) is 1. The molecular weight excluding hydrogens is 202 g/mol. The van der Waals surface area contributed by atoms with E-state index in [0.29, 0.717) is 0 Å². The fourth-order valence-corrected chi connectivity index (χ4v) is 1.87. The lowest BCUT2D eigenvalue weighted by Crippen LogP contribution is -2.30. The van der Waals surface area contributed by atoms with E-state index in [1.807, 2.05) is 4.72 Å². The molecule has 0 saturated heterocycles. The maximum atomic E-state index is 11.4. The highest BCUT2D eigenvalue weighted by Crippen LogP contribution is 2.06. The van der Waals surface area contributed by atoms with Crippen molar-refractivity contribution in [3.63, 3.8) is 0 Å². The van der Waals surface area contributed by atoms with Gasteiger partial charge in [0.15, 0.2) is 0 Å². The van der Waals surface area contributed by atoms with Crippen LogP contribution in [0.4, 0.5) is 0 Å². The van der Waals surface area contributed by atoms with E-state index in [1.54, 1.807) is 18.2 Å². The summed E-state index contributed by atoms with van der Waals surface area (Å²) in [6.45, 7) is 1.47. The van der Waals surface area contributed by atoms with Crippen molar-refractivity contribution in [2.75, 3.05) is 0 Å². The molecule has 1 aromatic carbocycles. The van der Waals surface area contributed by atoms with E-state index in [1.165, 1.54) is 19.1 Å². The number of carbonyl (C=O) groups excluding carboxylic acids is 1. The summed E-state index contributed by atoms with van der Waals surface area (Å²) in [5.74, 6) is -0.631. The van der Waals surface area contributed by atoms with Crippen molar-refractivity contribution < 1.29 is 13.2 Å². The first-order chi connectivity index (χ1) is 6.56. The number of benzene rings is 1. The Morgan fingerprint density at radius 3 is 2.36 bits per heavy atom. The highest BCUT2D eigenvalue weighted by atomic mass is 32.2. The second-order valence-corrected chi connectivity index (χ2v) is 4.25. The molecule has 0 aliphatic carbocycles. The number of rotatable bonds is 3. The summed E-state index contributed by atoms with van der Waals surface area (Å²) in [6.07, 6.45) is 1.15. The minimum Gasteiger partial charge on any atom is -0.274 e. The molecule has 75 valence electrons. The summed E-state index contributed by atoms with van der Waals surface area (Å²) >= 11 is 0. The van der Waals surface area contributed by atoms with Crippen LogP contribution in [0.15, 0.2) is 35.2 Å². The molecule has 4 nitrogen and oxygen atoms in total. The molecule has 1 aromatic rings. The minimum atomic E-state index is -3.70. The molecule has 14 heavy (non-hydrogen) atoms. The molecule has 5 heteroatoms. The number of sulfonamides is 1. The molecule has 0 aromatic heterocycles. The van der Waals surface area contributed by atoms with Gasteiger partial charge in [-0.15, -0.1) is 0 Å². The summed E-state index contributed by atoms with van der Waals surface area (Å²) < 4.78 is 24.8. The third kappa shape index (κ3) is 2.56. The molecular formula is C9H10NO3S. The van der Waals surface area contributed by atoms with Crippen LogP contribution in [0.3, 0.4) is 0 Å². The molecule has 0 bridgehead atoms. The van der Waals surface area contributed by atoms with Crippen molar-refractivity contribution in [1.29, 1.82) is 0 Å². The highest BCUT2D eigenvalue weighted by Gasteiger charge is 2.15. The van der Waals surface area contributed by atoms with Gasteiger partial charge >= 0.3 is 0 Å². The van der Waals surface area contributed by atoms with Gasteiger partial charge in [-0.1, -0.05) is 25.1 Å². The molecule has 1 rings (SSSR count). The average Bonchev–Trinajstić information content (AvgIpc) is 2.18. The SMILES string of the molecule is C[CH]C(=O)NS(=O)(=O)c1ccccc1. The van der Waals surface area contributed by atoms with Crippen molar-refractivity contribution in [3.8, 4) is 0 Å². The molecule has 0 heterocycles. The average molecular weight is 212 g/mol. The van der Waals surface area contributed by atoms with E-state index in [0.717, 1.165) is 6.42 Å². The van der Waals surface area contributed by atoms with Gasteiger partial charge in [-0.25, -0.2) is 13.1 Å². The number of carbonyl (C=O) groups is 1. The van der Waals surface area contributed by atoms with Crippen LogP contribution in [0, 0.1) is 6.42 Å². The van der Waals surface area contributed by atoms with Crippen LogP contribution in [0.1, 0.15) is 6.92 Å². The van der Waals surface area contributed by atoms with Gasteiger partial charge in [-0.3, -0.25) is 4.79 Å². The predicted molar refractivity (Wildman–Crippen MR) is 51.7 cm³/mol. The van der Waals surface area contributed by atoms with Crippen LogP contribution in [-0.4, -0.2) is 14.3 Å². The van der Waals surface area contributed by atoms with Gasteiger partial charge < -0.3 is 0 Å². The summed E-state index contributed by atoms with van der Waals surface area (Å²) in [6, 6.07) is 7.73. The Morgan fingerprint density at radius 1 is 1.29 bits per heavy atom. The molecule has 0 spiro atoms. The first kappa shape index (κ1) is 10.7. The third-order valence-electron chi connectivity index (χ3n) is 1.55. The lowest BCUT2D eigenvalue weighted by atomic mass is 10.4. The van der Waals surface area contributed by atoms with E-state index in [9.17, 15) is 13.2 Å². The summed E-state index contributed by atoms with van der Waals surface area (Å²) in [5, 5.41) is 0. The maximum Gasteiger partial charge on any atom is 0.264 e. The second kappa shape index (κ2) is 4.23. The first-order valence-corrected chi connectivity index (χ1v) is 5.46. The fraction of sp³-hybridized carbons (Fsp3) is 0.111. The standard InChI is InChI=1S/C9H10NO3S/c1-2-9(11)10-14(12,13)8-6-4-3-5-7-8/h2-7H,1H3,(H,10,11). The largest absolute Gasteiger partial charge is 0.274 e. The first-order valence-electron chi connectivity index (χ1n) is 3.97. The Bertz CT molecular complexity index is 411. The monoisotopic (exact) mass is 212 g/mol. The van der Waals surface area contributed by atoms with Gasteiger partial charge in [-0.2, -0.15) is 0 Å². The zero-order valence-electron chi connectivity index (χ0n) is 7.60. The van der Waals surface area contributed by atoms with Gasteiger partial charge in [0.05, 0.1) is 4.90 Å². The summed E-state index contributed by atoms with van der Waals surface area (Å²) in [4.78, 5) is 10.9. The molecule has 0 atom stereocenters. The Kier molecular flexibility index (Phi) is 3.24. The van der Waals surface area contributed by atoms with Gasteiger partial charge in [0.2, 0.25) is 5.91 Å². The molecule has 1 N–H and O–H groups in total. The zero-order valence-corrected chi connectivity index (χ0v) is 8.41. The Morgan fingerprint density at radius 2 is 1.86 bits per heavy atom. The molecule has 1 amide bonds. The summed E-state index contributed by atoms with van der Waals surface area (Å²) in [7, 11) is -3.70. The van der Waals surface area contributed by atoms with Crippen molar-refractivity contribution >= 4 is 15.9 Å². The van der Waals surface area contributed by atoms with Crippen LogP contribution in [0.2, 0.25) is 0 Å². The lowest BCUT2D eigenvalue weighted by molar-refractivity contribution is -0.116. The van der Waals surface area contributed by atoms with Crippen molar-refractivity contribution in [2.45, 2.75) is 11.8 Å². The molecule has 0 unspecified atom stereocenters. The van der Waals surface area contributed by atoms with Crippen molar-refractivity contribution in [1.82, 2.24) is 4.72 Å².